The normalized spacial score (nSPS) is 13.0. The van der Waals surface area contributed by atoms with E-state index in [1.54, 1.807) is 6.92 Å². The van der Waals surface area contributed by atoms with Crippen LogP contribution in [0.25, 0.3) is 0 Å². The fraction of sp³-hybridized carbons (Fsp3) is 0.875. The van der Waals surface area contributed by atoms with Crippen molar-refractivity contribution in [2.24, 2.45) is 0 Å². The lowest BCUT2D eigenvalue weighted by Gasteiger charge is -2.26. The minimum atomic E-state index is -3.50. The van der Waals surface area contributed by atoms with Crippen molar-refractivity contribution >= 4 is 25.1 Å². The van der Waals surface area contributed by atoms with E-state index < -0.39 is 13.4 Å². The van der Waals surface area contributed by atoms with Crippen LogP contribution in [0.15, 0.2) is 24.3 Å². The number of Topliss-reactive ketones (excluding diaryl/α,β-unsaturated/α-hetero) is 2. The average molecular weight is 952 g/mol. The Hall–Kier alpha value is -1.64. The van der Waals surface area contributed by atoms with Gasteiger partial charge in [-0.25, -0.2) is 0 Å². The van der Waals surface area contributed by atoms with Gasteiger partial charge in [0.05, 0.1) is 32.6 Å². The topological polar surface area (TPSA) is 117 Å². The van der Waals surface area contributed by atoms with Crippen LogP contribution < -0.4 is 5.32 Å². The lowest BCUT2D eigenvalue weighted by molar-refractivity contribution is -0.213. The molecule has 0 aliphatic heterocycles. The van der Waals surface area contributed by atoms with Crippen LogP contribution in [0, 0.1) is 0 Å². The zero-order valence-electron chi connectivity index (χ0n) is 43.9. The molecular formula is C56H106NO8P. The maximum atomic E-state index is 13.8. The van der Waals surface area contributed by atoms with Gasteiger partial charge in [0.15, 0.2) is 5.79 Å². The molecule has 0 spiro atoms. The molecule has 0 fully saturated rings. The van der Waals surface area contributed by atoms with Crippen LogP contribution >= 0.6 is 7.60 Å². The molecule has 0 aromatic rings. The molecular weight excluding hydrogens is 846 g/mol. The van der Waals surface area contributed by atoms with E-state index in [0.717, 1.165) is 44.9 Å². The van der Waals surface area contributed by atoms with Crippen molar-refractivity contribution in [2.45, 2.75) is 278 Å². The van der Waals surface area contributed by atoms with E-state index in [4.69, 9.17) is 18.5 Å². The second-order valence-electron chi connectivity index (χ2n) is 19.3. The maximum absolute atomic E-state index is 13.8. The van der Waals surface area contributed by atoms with Crippen LogP contribution in [0.5, 0.6) is 0 Å². The molecule has 0 aliphatic carbocycles. The molecule has 1 amide bonds. The Balaban J connectivity index is 4.35. The molecule has 0 aromatic carbocycles. The summed E-state index contributed by atoms with van der Waals surface area (Å²) in [5.41, 5.74) is 0. The maximum Gasteiger partial charge on any atom is 0.330 e. The molecule has 0 saturated heterocycles. The monoisotopic (exact) mass is 952 g/mol. The van der Waals surface area contributed by atoms with Gasteiger partial charge < -0.3 is 28.6 Å². The largest absolute Gasteiger partial charge is 0.354 e. The van der Waals surface area contributed by atoms with Crippen molar-refractivity contribution in [2.75, 3.05) is 39.1 Å². The Morgan fingerprint density at radius 2 is 0.833 bits per heavy atom. The summed E-state index contributed by atoms with van der Waals surface area (Å²) < 4.78 is 37.2. The predicted molar refractivity (Wildman–Crippen MR) is 280 cm³/mol. The van der Waals surface area contributed by atoms with Gasteiger partial charge in [0.2, 0.25) is 5.91 Å². The molecule has 1 atom stereocenters. The third-order valence-corrected chi connectivity index (χ3v) is 14.1. The second kappa shape index (κ2) is 48.4. The number of nitrogens with one attached hydrogen (secondary N) is 1. The van der Waals surface area contributed by atoms with E-state index in [9.17, 15) is 18.9 Å². The van der Waals surface area contributed by atoms with Crippen molar-refractivity contribution in [1.82, 2.24) is 5.32 Å². The van der Waals surface area contributed by atoms with E-state index in [1.165, 1.54) is 148 Å². The van der Waals surface area contributed by atoms with E-state index in [2.05, 4.69) is 43.5 Å². The first-order chi connectivity index (χ1) is 32.0. The van der Waals surface area contributed by atoms with Crippen molar-refractivity contribution in [3.63, 3.8) is 0 Å². The molecule has 0 aliphatic rings. The lowest BCUT2D eigenvalue weighted by atomic mass is 10.1. The van der Waals surface area contributed by atoms with Gasteiger partial charge in [0.25, 0.3) is 0 Å². The van der Waals surface area contributed by atoms with Gasteiger partial charge in [-0.15, -0.1) is 0 Å². The Bertz CT molecular complexity index is 1220. The second-order valence-corrected chi connectivity index (χ2v) is 21.5. The Morgan fingerprint density at radius 3 is 1.30 bits per heavy atom. The van der Waals surface area contributed by atoms with Gasteiger partial charge in [-0.1, -0.05) is 167 Å². The van der Waals surface area contributed by atoms with Crippen LogP contribution in [0.4, 0.5) is 0 Å². The Kier molecular flexibility index (Phi) is 47.2. The molecule has 1 unspecified atom stereocenters. The molecule has 0 rings (SSSR count). The number of carbonyl (C=O) groups is 3. The molecule has 10 heteroatoms. The number of ether oxygens (including phenoxy) is 2. The summed E-state index contributed by atoms with van der Waals surface area (Å²) in [6, 6.07) is 0. The first-order valence-corrected chi connectivity index (χ1v) is 29.5. The van der Waals surface area contributed by atoms with Gasteiger partial charge in [0.1, 0.15) is 11.6 Å². The lowest BCUT2D eigenvalue weighted by Crippen LogP contribution is -2.29. The first-order valence-electron chi connectivity index (χ1n) is 27.8. The molecule has 1 N–H and O–H groups in total. The molecule has 0 bridgehead atoms. The average Bonchev–Trinajstić information content (AvgIpc) is 3.29. The molecule has 0 saturated carbocycles. The van der Waals surface area contributed by atoms with Crippen LogP contribution in [0.3, 0.4) is 0 Å². The van der Waals surface area contributed by atoms with Gasteiger partial charge in [-0.3, -0.25) is 14.2 Å². The number of hydrogen-bond donors (Lipinski definition) is 1. The number of rotatable bonds is 53. The summed E-state index contributed by atoms with van der Waals surface area (Å²) in [6.07, 6.45) is 50.6. The molecule has 0 aromatic heterocycles. The van der Waals surface area contributed by atoms with Crippen LogP contribution in [0.2, 0.25) is 0 Å². The van der Waals surface area contributed by atoms with E-state index in [1.807, 2.05) is 13.8 Å². The highest BCUT2D eigenvalue weighted by molar-refractivity contribution is 7.53. The van der Waals surface area contributed by atoms with Crippen LogP contribution in [-0.4, -0.2) is 62.4 Å². The third kappa shape index (κ3) is 48.8. The first kappa shape index (κ1) is 64.4. The van der Waals surface area contributed by atoms with E-state index >= 15 is 0 Å². The number of ketones is 2. The fourth-order valence-corrected chi connectivity index (χ4v) is 9.57. The quantitative estimate of drug-likeness (QED) is 0.0277. The van der Waals surface area contributed by atoms with Crippen molar-refractivity contribution in [3.05, 3.63) is 24.3 Å². The predicted octanol–water partition coefficient (Wildman–Crippen LogP) is 16.8. The van der Waals surface area contributed by atoms with E-state index in [0.29, 0.717) is 51.6 Å². The zero-order valence-corrected chi connectivity index (χ0v) is 44.8. The van der Waals surface area contributed by atoms with Crippen LogP contribution in [0.1, 0.15) is 272 Å². The fourth-order valence-electron chi connectivity index (χ4n) is 7.94. The van der Waals surface area contributed by atoms with Gasteiger partial charge in [0, 0.05) is 32.2 Å². The zero-order chi connectivity index (χ0) is 48.5. The van der Waals surface area contributed by atoms with Crippen molar-refractivity contribution in [1.29, 1.82) is 0 Å². The van der Waals surface area contributed by atoms with Crippen molar-refractivity contribution < 1.29 is 37.5 Å². The highest BCUT2D eigenvalue weighted by Crippen LogP contribution is 2.48. The van der Waals surface area contributed by atoms with E-state index in [-0.39, 0.29) is 50.0 Å². The van der Waals surface area contributed by atoms with Crippen LogP contribution in [-0.2, 0) is 37.5 Å². The summed E-state index contributed by atoms with van der Waals surface area (Å²) in [5.74, 6) is -0.517. The minimum Gasteiger partial charge on any atom is -0.354 e. The SMILES string of the molecule is CCCCCCCCC/C=C\CCCCCCCC(=O)CCCOP(=O)(CCCOC(C)(C)OCCCC(C)=O)OCCNC(=O)CCCCCCCC/C=C\CCCCCCCCCC. The number of allylic oxidation sites excluding steroid dienone is 4. The van der Waals surface area contributed by atoms with Crippen molar-refractivity contribution in [3.8, 4) is 0 Å². The molecule has 9 nitrogen and oxygen atoms in total. The molecule has 66 heavy (non-hydrogen) atoms. The highest BCUT2D eigenvalue weighted by Gasteiger charge is 2.26. The van der Waals surface area contributed by atoms with Gasteiger partial charge >= 0.3 is 7.60 Å². The van der Waals surface area contributed by atoms with Gasteiger partial charge in [-0.2, -0.15) is 0 Å². The molecule has 388 valence electrons. The molecule has 0 heterocycles. The minimum absolute atomic E-state index is 0.0186. The summed E-state index contributed by atoms with van der Waals surface area (Å²) in [4.78, 5) is 36.4. The Morgan fingerprint density at radius 1 is 0.455 bits per heavy atom. The number of amides is 1. The number of unbranched alkanes of at least 4 members (excludes halogenated alkanes) is 26. The smallest absolute Gasteiger partial charge is 0.330 e. The summed E-state index contributed by atoms with van der Waals surface area (Å²) in [6.45, 7) is 11.0. The highest BCUT2D eigenvalue weighted by atomic mass is 31.2. The standard InChI is InChI=1S/C56H106NO8P/c1-6-8-10-12-14-16-18-20-22-24-25-27-29-31-33-35-37-39-46-55(60)57-47-51-65-66(61,52-42-49-63-56(4,5)62-48-40-43-53(3)58)64-50-41-45-54(59)44-38-36-34-32-30-28-26-23-21-19-17-15-13-11-9-7-2/h23-26H,6-22,27-52H2,1-5H3,(H,57,60)/b25-24-,26-23-. The number of carbonyl (C=O) groups excluding carboxylic acids is 3. The summed E-state index contributed by atoms with van der Waals surface area (Å²) in [5, 5.41) is 2.91. The Labute approximate surface area is 407 Å². The molecule has 0 radical (unpaired) electrons. The van der Waals surface area contributed by atoms with Gasteiger partial charge in [-0.05, 0) is 104 Å². The summed E-state index contributed by atoms with van der Waals surface area (Å²) >= 11 is 0. The summed E-state index contributed by atoms with van der Waals surface area (Å²) in [7, 11) is -3.50. The number of hydrogen-bond acceptors (Lipinski definition) is 8. The third-order valence-electron chi connectivity index (χ3n) is 12.1.